The van der Waals surface area contributed by atoms with Crippen molar-refractivity contribution in [3.63, 3.8) is 0 Å². The van der Waals surface area contributed by atoms with Crippen LogP contribution in [0.15, 0.2) is 24.3 Å². The maximum atomic E-state index is 13.0. The number of H-pyrrole nitrogens is 1. The number of hydrogen-bond donors (Lipinski definition) is 3. The summed E-state index contributed by atoms with van der Waals surface area (Å²) in [4.78, 5) is 39.0. The molecule has 1 saturated heterocycles. The van der Waals surface area contributed by atoms with Crippen LogP contribution >= 0.6 is 0 Å². The molecule has 0 spiro atoms. The van der Waals surface area contributed by atoms with Gasteiger partial charge in [-0.25, -0.2) is 4.79 Å². The fourth-order valence-electron chi connectivity index (χ4n) is 5.29. The first-order valence-electron chi connectivity index (χ1n) is 13.0. The number of hydrogen-bond acceptors (Lipinski definition) is 5. The van der Waals surface area contributed by atoms with Crippen LogP contribution in [0.3, 0.4) is 0 Å². The Bertz CT molecular complexity index is 1170. The molecule has 3 fully saturated rings. The summed E-state index contributed by atoms with van der Waals surface area (Å²) in [6.07, 6.45) is 5.48. The second kappa shape index (κ2) is 9.59. The van der Waals surface area contributed by atoms with Gasteiger partial charge in [0.25, 0.3) is 0 Å². The molecule has 2 heterocycles. The number of carbonyl (C=O) groups is 3. The lowest BCUT2D eigenvalue weighted by molar-refractivity contribution is -0.118. The maximum Gasteiger partial charge on any atom is 0.407 e. The minimum Gasteiger partial charge on any atom is -0.446 e. The van der Waals surface area contributed by atoms with E-state index in [0.717, 1.165) is 67.6 Å². The van der Waals surface area contributed by atoms with Gasteiger partial charge in [-0.2, -0.15) is 5.10 Å². The highest BCUT2D eigenvalue weighted by molar-refractivity contribution is 5.96. The zero-order valence-electron chi connectivity index (χ0n) is 21.2. The third-order valence-electron chi connectivity index (χ3n) is 7.85. The Morgan fingerprint density at radius 2 is 2.06 bits per heavy atom. The Hall–Kier alpha value is -3.36. The van der Waals surface area contributed by atoms with Crippen molar-refractivity contribution in [3.8, 4) is 0 Å². The highest BCUT2D eigenvalue weighted by Crippen LogP contribution is 2.37. The van der Waals surface area contributed by atoms with Crippen molar-refractivity contribution in [1.29, 1.82) is 0 Å². The molecular weight excluding hydrogens is 458 g/mol. The molecule has 1 unspecified atom stereocenters. The van der Waals surface area contributed by atoms with Crippen LogP contribution in [0.4, 0.5) is 16.3 Å². The highest BCUT2D eigenvalue weighted by Gasteiger charge is 2.40. The number of amides is 3. The summed E-state index contributed by atoms with van der Waals surface area (Å²) in [6.45, 7) is 6.62. The molecule has 1 aliphatic heterocycles. The van der Waals surface area contributed by atoms with Crippen LogP contribution in [-0.2, 0) is 14.3 Å². The van der Waals surface area contributed by atoms with Gasteiger partial charge in [-0.15, -0.1) is 0 Å². The molecule has 1 aromatic carbocycles. The monoisotopic (exact) mass is 493 g/mol. The fourth-order valence-corrected chi connectivity index (χ4v) is 5.29. The molecule has 2 saturated carbocycles. The van der Waals surface area contributed by atoms with E-state index in [1.807, 2.05) is 49.9 Å². The largest absolute Gasteiger partial charge is 0.446 e. The van der Waals surface area contributed by atoms with Gasteiger partial charge in [0.2, 0.25) is 11.8 Å². The molecular formula is C27H35N5O4. The molecule has 9 heteroatoms. The number of nitrogens with one attached hydrogen (secondary N) is 3. The van der Waals surface area contributed by atoms with E-state index in [1.165, 1.54) is 0 Å². The molecule has 5 rings (SSSR count). The van der Waals surface area contributed by atoms with Gasteiger partial charge in [-0.1, -0.05) is 6.07 Å². The number of carbonyl (C=O) groups excluding carboxylic acids is 3. The number of aryl methyl sites for hydroxylation is 1. The van der Waals surface area contributed by atoms with Gasteiger partial charge < -0.3 is 20.3 Å². The van der Waals surface area contributed by atoms with E-state index < -0.39 is 0 Å². The summed E-state index contributed by atoms with van der Waals surface area (Å²) in [5.41, 5.74) is 3.65. The minimum absolute atomic E-state index is 0.0871. The van der Waals surface area contributed by atoms with Crippen LogP contribution in [0.5, 0.6) is 0 Å². The maximum absolute atomic E-state index is 13.0. The van der Waals surface area contributed by atoms with Crippen LogP contribution < -0.4 is 15.5 Å². The van der Waals surface area contributed by atoms with Crippen LogP contribution in [0.2, 0.25) is 0 Å². The smallest absolute Gasteiger partial charge is 0.407 e. The lowest BCUT2D eigenvalue weighted by Gasteiger charge is -2.19. The lowest BCUT2D eigenvalue weighted by Crippen LogP contribution is -2.36. The number of nitrogens with zero attached hydrogens (tertiary/aromatic N) is 2. The summed E-state index contributed by atoms with van der Waals surface area (Å²) in [7, 11) is 0. The number of aromatic amines is 1. The first kappa shape index (κ1) is 24.3. The Balaban J connectivity index is 1.15. The van der Waals surface area contributed by atoms with Crippen molar-refractivity contribution in [1.82, 2.24) is 15.5 Å². The number of rotatable bonds is 7. The summed E-state index contributed by atoms with van der Waals surface area (Å²) < 4.78 is 5.61. The van der Waals surface area contributed by atoms with Crippen LogP contribution in [0.25, 0.3) is 0 Å². The molecule has 2 aliphatic carbocycles. The number of aromatic nitrogens is 2. The second-order valence-electron chi connectivity index (χ2n) is 10.8. The van der Waals surface area contributed by atoms with Crippen molar-refractivity contribution in [3.05, 3.63) is 41.1 Å². The van der Waals surface area contributed by atoms with Crippen molar-refractivity contribution in [2.75, 3.05) is 16.8 Å². The lowest BCUT2D eigenvalue weighted by atomic mass is 9.95. The Labute approximate surface area is 211 Å². The van der Waals surface area contributed by atoms with Gasteiger partial charge >= 0.3 is 6.09 Å². The number of benzene rings is 1. The Morgan fingerprint density at radius 1 is 1.25 bits per heavy atom. The van der Waals surface area contributed by atoms with E-state index in [2.05, 4.69) is 20.8 Å². The molecule has 2 aromatic rings. The molecule has 3 N–H and O–H groups in total. The predicted octanol–water partition coefficient (Wildman–Crippen LogP) is 4.50. The molecule has 9 nitrogen and oxygen atoms in total. The second-order valence-corrected chi connectivity index (χ2v) is 10.8. The Morgan fingerprint density at radius 3 is 2.75 bits per heavy atom. The highest BCUT2D eigenvalue weighted by atomic mass is 16.6. The molecule has 36 heavy (non-hydrogen) atoms. The SMILES string of the molecule is Cc1cc(N2CCCC2=O)ccc1C(C)C(=O)Nc1cc([C@H]2CC[C@H](OC(=O)NC3(C)CC3)C2)[nH]n1. The first-order chi connectivity index (χ1) is 17.2. The number of alkyl carbamates (subject to hydrolysis) is 1. The molecule has 0 radical (unpaired) electrons. The Kier molecular flexibility index (Phi) is 6.49. The number of anilines is 2. The molecule has 3 amide bonds. The van der Waals surface area contributed by atoms with Gasteiger partial charge in [-0.05, 0) is 82.6 Å². The van der Waals surface area contributed by atoms with Gasteiger partial charge in [-0.3, -0.25) is 14.7 Å². The standard InChI is InChI=1S/C27H35N5O4/c1-16-13-19(32-12-4-5-24(32)33)7-9-21(16)17(2)25(34)28-23-15-22(30-31-23)18-6-8-20(14-18)36-26(35)29-27(3)10-11-27/h7,9,13,15,17-18,20H,4-6,8,10-12,14H2,1-3H3,(H,29,35)(H2,28,30,31,34)/t17?,18-,20-/m0/s1. The molecule has 1 aromatic heterocycles. The average Bonchev–Trinajstić information content (AvgIpc) is 3.25. The fraction of sp³-hybridized carbons (Fsp3) is 0.556. The van der Waals surface area contributed by atoms with Gasteiger partial charge in [0, 0.05) is 41.9 Å². The van der Waals surface area contributed by atoms with Gasteiger partial charge in [0.05, 0.1) is 5.92 Å². The van der Waals surface area contributed by atoms with Crippen LogP contribution in [-0.4, -0.2) is 46.3 Å². The topological polar surface area (TPSA) is 116 Å². The third-order valence-corrected chi connectivity index (χ3v) is 7.85. The van der Waals surface area contributed by atoms with E-state index in [-0.39, 0.29) is 41.4 Å². The van der Waals surface area contributed by atoms with Gasteiger partial charge in [0.1, 0.15) is 6.10 Å². The molecule has 3 atom stereocenters. The first-order valence-corrected chi connectivity index (χ1v) is 13.0. The minimum atomic E-state index is -0.371. The van der Waals surface area contributed by atoms with Gasteiger partial charge in [0.15, 0.2) is 5.82 Å². The molecule has 0 bridgehead atoms. The predicted molar refractivity (Wildman–Crippen MR) is 136 cm³/mol. The molecule has 3 aliphatic rings. The van der Waals surface area contributed by atoms with Crippen molar-refractivity contribution < 1.29 is 19.1 Å². The summed E-state index contributed by atoms with van der Waals surface area (Å²) in [6, 6.07) is 7.72. The van der Waals surface area contributed by atoms with E-state index >= 15 is 0 Å². The zero-order valence-corrected chi connectivity index (χ0v) is 21.2. The van der Waals surface area contributed by atoms with E-state index in [0.29, 0.717) is 12.2 Å². The average molecular weight is 494 g/mol. The molecule has 192 valence electrons. The van der Waals surface area contributed by atoms with Crippen molar-refractivity contribution in [2.24, 2.45) is 0 Å². The van der Waals surface area contributed by atoms with Crippen LogP contribution in [0.1, 0.15) is 87.4 Å². The van der Waals surface area contributed by atoms with Crippen molar-refractivity contribution >= 4 is 29.4 Å². The van der Waals surface area contributed by atoms with E-state index in [9.17, 15) is 14.4 Å². The summed E-state index contributed by atoms with van der Waals surface area (Å²) in [5, 5.41) is 13.2. The van der Waals surface area contributed by atoms with E-state index in [4.69, 9.17) is 4.74 Å². The summed E-state index contributed by atoms with van der Waals surface area (Å²) in [5.74, 6) is 0.336. The summed E-state index contributed by atoms with van der Waals surface area (Å²) >= 11 is 0. The number of ether oxygens (including phenoxy) is 1. The normalized spacial score (nSPS) is 23.4. The quantitative estimate of drug-likeness (QED) is 0.525. The van der Waals surface area contributed by atoms with E-state index in [1.54, 1.807) is 0 Å². The van der Waals surface area contributed by atoms with Crippen molar-refractivity contribution in [2.45, 2.75) is 89.2 Å². The zero-order chi connectivity index (χ0) is 25.4. The third kappa shape index (κ3) is 5.24. The van der Waals surface area contributed by atoms with Crippen LogP contribution in [0, 0.1) is 6.92 Å².